The van der Waals surface area contributed by atoms with Crippen molar-refractivity contribution in [1.82, 2.24) is 9.62 Å². The van der Waals surface area contributed by atoms with Crippen LogP contribution >= 0.6 is 0 Å². The zero-order chi connectivity index (χ0) is 12.7. The van der Waals surface area contributed by atoms with Crippen LogP contribution in [0.2, 0.25) is 0 Å². The van der Waals surface area contributed by atoms with E-state index in [9.17, 15) is 8.42 Å². The largest absolute Gasteiger partial charge is 0.320 e. The molecule has 1 rings (SSSR count). The predicted octanol–water partition coefficient (Wildman–Crippen LogP) is 0.885. The molecule has 0 aliphatic carbocycles. The molecule has 1 aromatic carbocycles. The van der Waals surface area contributed by atoms with Gasteiger partial charge in [-0.05, 0) is 32.1 Å². The van der Waals surface area contributed by atoms with E-state index in [-0.39, 0.29) is 0 Å². The number of hydrogen-bond acceptors (Lipinski definition) is 3. The highest BCUT2D eigenvalue weighted by Gasteiger charge is 2.16. The first-order chi connectivity index (χ1) is 8.06. The van der Waals surface area contributed by atoms with Crippen molar-refractivity contribution in [3.8, 4) is 0 Å². The average molecular weight is 257 g/mol. The summed E-state index contributed by atoms with van der Waals surface area (Å²) in [7, 11) is -0.0239. The molecule has 1 aromatic rings. The first kappa shape index (κ1) is 14.0. The molecule has 0 aromatic heterocycles. The third-order valence-electron chi connectivity index (χ3n) is 2.33. The molecule has 17 heavy (non-hydrogen) atoms. The van der Waals surface area contributed by atoms with E-state index in [0.717, 1.165) is 13.0 Å². The maximum Gasteiger partial charge on any atom is 0.301 e. The van der Waals surface area contributed by atoms with Gasteiger partial charge in [0.2, 0.25) is 0 Å². The van der Waals surface area contributed by atoms with E-state index in [1.807, 2.05) is 13.1 Å². The molecule has 0 heterocycles. The number of nitrogens with one attached hydrogen (secondary N) is 2. The molecule has 0 saturated heterocycles. The van der Waals surface area contributed by atoms with Crippen LogP contribution in [0.1, 0.15) is 6.42 Å². The molecule has 96 valence electrons. The van der Waals surface area contributed by atoms with E-state index in [1.54, 1.807) is 31.3 Å². The molecule has 0 spiro atoms. The average Bonchev–Trinajstić information content (AvgIpc) is 2.30. The van der Waals surface area contributed by atoms with Crippen molar-refractivity contribution in [3.05, 3.63) is 30.3 Å². The number of rotatable bonds is 7. The maximum atomic E-state index is 11.9. The van der Waals surface area contributed by atoms with Crippen molar-refractivity contribution in [2.24, 2.45) is 0 Å². The van der Waals surface area contributed by atoms with Crippen molar-refractivity contribution < 1.29 is 8.42 Å². The monoisotopic (exact) mass is 257 g/mol. The lowest BCUT2D eigenvalue weighted by Gasteiger charge is -2.18. The molecule has 0 bridgehead atoms. The second-order valence-corrected chi connectivity index (χ2v) is 5.53. The second kappa shape index (κ2) is 6.58. The quantitative estimate of drug-likeness (QED) is 0.713. The van der Waals surface area contributed by atoms with E-state index in [1.165, 1.54) is 4.31 Å². The van der Waals surface area contributed by atoms with Crippen LogP contribution in [0.25, 0.3) is 0 Å². The second-order valence-electron chi connectivity index (χ2n) is 3.75. The Hall–Kier alpha value is -1.11. The lowest BCUT2D eigenvalue weighted by atomic mass is 10.3. The van der Waals surface area contributed by atoms with E-state index in [4.69, 9.17) is 0 Å². The minimum absolute atomic E-state index is 0.489. The Bertz CT molecular complexity index is 420. The molecule has 0 aliphatic heterocycles. The summed E-state index contributed by atoms with van der Waals surface area (Å²) in [5, 5.41) is 2.98. The van der Waals surface area contributed by atoms with Gasteiger partial charge in [0.05, 0.1) is 0 Å². The third-order valence-corrected chi connectivity index (χ3v) is 3.83. The van der Waals surface area contributed by atoms with Gasteiger partial charge in [-0.2, -0.15) is 12.7 Å². The highest BCUT2D eigenvalue weighted by atomic mass is 32.2. The van der Waals surface area contributed by atoms with Crippen molar-refractivity contribution >= 4 is 15.9 Å². The van der Waals surface area contributed by atoms with Gasteiger partial charge in [-0.1, -0.05) is 18.2 Å². The summed E-state index contributed by atoms with van der Waals surface area (Å²) in [5.74, 6) is 0. The van der Waals surface area contributed by atoms with E-state index in [2.05, 4.69) is 10.0 Å². The Labute approximate surface area is 103 Å². The summed E-state index contributed by atoms with van der Waals surface area (Å²) in [6.45, 7) is 1.29. The third kappa shape index (κ3) is 4.72. The zero-order valence-electron chi connectivity index (χ0n) is 10.2. The molecule has 0 radical (unpaired) electrons. The van der Waals surface area contributed by atoms with Crippen molar-refractivity contribution in [2.45, 2.75) is 6.42 Å². The predicted molar refractivity (Wildman–Crippen MR) is 70.2 cm³/mol. The van der Waals surface area contributed by atoms with Gasteiger partial charge < -0.3 is 5.32 Å². The Morgan fingerprint density at radius 1 is 1.24 bits per heavy atom. The normalized spacial score (nSPS) is 11.7. The van der Waals surface area contributed by atoms with Gasteiger partial charge in [0, 0.05) is 19.3 Å². The van der Waals surface area contributed by atoms with Gasteiger partial charge in [-0.3, -0.25) is 4.72 Å². The van der Waals surface area contributed by atoms with Crippen LogP contribution in [0.5, 0.6) is 0 Å². The highest BCUT2D eigenvalue weighted by Crippen LogP contribution is 2.09. The Morgan fingerprint density at radius 3 is 2.47 bits per heavy atom. The molecular weight excluding hydrogens is 238 g/mol. The molecule has 0 amide bonds. The minimum atomic E-state index is -3.44. The summed E-state index contributed by atoms with van der Waals surface area (Å²) in [5.41, 5.74) is 0.577. The van der Waals surface area contributed by atoms with Gasteiger partial charge >= 0.3 is 10.2 Å². The maximum absolute atomic E-state index is 11.9. The summed E-state index contributed by atoms with van der Waals surface area (Å²) >= 11 is 0. The van der Waals surface area contributed by atoms with Crippen molar-refractivity contribution in [2.75, 3.05) is 31.9 Å². The van der Waals surface area contributed by atoms with E-state index >= 15 is 0 Å². The summed E-state index contributed by atoms with van der Waals surface area (Å²) in [6, 6.07) is 8.87. The number of para-hydroxylation sites is 1. The molecule has 0 fully saturated rings. The number of hydrogen-bond donors (Lipinski definition) is 2. The lowest BCUT2D eigenvalue weighted by Crippen LogP contribution is -2.34. The molecule has 6 heteroatoms. The fourth-order valence-corrected chi connectivity index (χ4v) is 2.29. The van der Waals surface area contributed by atoms with Crippen LogP contribution in [0, 0.1) is 0 Å². The first-order valence-electron chi connectivity index (χ1n) is 5.50. The van der Waals surface area contributed by atoms with Gasteiger partial charge in [0.1, 0.15) is 0 Å². The van der Waals surface area contributed by atoms with Crippen LogP contribution in [-0.4, -0.2) is 39.9 Å². The van der Waals surface area contributed by atoms with Gasteiger partial charge in [0.25, 0.3) is 0 Å². The topological polar surface area (TPSA) is 61.4 Å². The molecule has 2 N–H and O–H groups in total. The Morgan fingerprint density at radius 2 is 1.88 bits per heavy atom. The fourth-order valence-electron chi connectivity index (χ4n) is 1.33. The van der Waals surface area contributed by atoms with Crippen LogP contribution in [0.15, 0.2) is 30.3 Å². The molecule has 5 nitrogen and oxygen atoms in total. The summed E-state index contributed by atoms with van der Waals surface area (Å²) in [6.07, 6.45) is 0.780. The van der Waals surface area contributed by atoms with Crippen molar-refractivity contribution in [3.63, 3.8) is 0 Å². The van der Waals surface area contributed by atoms with Gasteiger partial charge in [-0.15, -0.1) is 0 Å². The lowest BCUT2D eigenvalue weighted by molar-refractivity contribution is 0.462. The summed E-state index contributed by atoms with van der Waals surface area (Å²) < 4.78 is 27.6. The van der Waals surface area contributed by atoms with Crippen molar-refractivity contribution in [1.29, 1.82) is 0 Å². The molecule has 0 unspecified atom stereocenters. The minimum Gasteiger partial charge on any atom is -0.320 e. The standard InChI is InChI=1S/C11H19N3O2S/c1-12-9-6-10-14(2)17(15,16)13-11-7-4-3-5-8-11/h3-5,7-8,12-13H,6,9-10H2,1-2H3. The first-order valence-corrected chi connectivity index (χ1v) is 6.94. The molecule has 0 aliphatic rings. The number of nitrogens with zero attached hydrogens (tertiary/aromatic N) is 1. The van der Waals surface area contributed by atoms with E-state index < -0.39 is 10.2 Å². The fraction of sp³-hybridized carbons (Fsp3) is 0.455. The molecule has 0 saturated carbocycles. The smallest absolute Gasteiger partial charge is 0.301 e. The Balaban J connectivity index is 2.56. The van der Waals surface area contributed by atoms with Gasteiger partial charge in [-0.25, -0.2) is 0 Å². The number of anilines is 1. The Kier molecular flexibility index (Phi) is 5.40. The van der Waals surface area contributed by atoms with Crippen LogP contribution in [0.3, 0.4) is 0 Å². The van der Waals surface area contributed by atoms with Crippen LogP contribution in [0.4, 0.5) is 5.69 Å². The highest BCUT2D eigenvalue weighted by molar-refractivity contribution is 7.90. The summed E-state index contributed by atoms with van der Waals surface area (Å²) in [4.78, 5) is 0. The van der Waals surface area contributed by atoms with Crippen LogP contribution < -0.4 is 10.0 Å². The molecular formula is C11H19N3O2S. The zero-order valence-corrected chi connectivity index (χ0v) is 11.0. The molecule has 0 atom stereocenters. The van der Waals surface area contributed by atoms with E-state index in [0.29, 0.717) is 12.2 Å². The SMILES string of the molecule is CNCCCN(C)S(=O)(=O)Nc1ccccc1. The van der Waals surface area contributed by atoms with Gasteiger partial charge in [0.15, 0.2) is 0 Å². The van der Waals surface area contributed by atoms with Crippen LogP contribution in [-0.2, 0) is 10.2 Å². The number of benzene rings is 1.